The van der Waals surface area contributed by atoms with Crippen LogP contribution in [0.5, 0.6) is 17.2 Å². The van der Waals surface area contributed by atoms with E-state index in [9.17, 15) is 9.59 Å². The number of amides is 1. The van der Waals surface area contributed by atoms with Crippen LogP contribution < -0.4 is 19.5 Å². The van der Waals surface area contributed by atoms with Crippen molar-refractivity contribution in [2.45, 2.75) is 31.8 Å². The van der Waals surface area contributed by atoms with Crippen LogP contribution in [0.1, 0.15) is 24.8 Å². The lowest BCUT2D eigenvalue weighted by Gasteiger charge is -2.30. The summed E-state index contributed by atoms with van der Waals surface area (Å²) < 4.78 is 21.2. The molecule has 1 amide bonds. The molecule has 1 aliphatic rings. The van der Waals surface area contributed by atoms with Gasteiger partial charge < -0.3 is 29.2 Å². The first-order valence-electron chi connectivity index (χ1n) is 11.1. The van der Waals surface area contributed by atoms with Gasteiger partial charge >= 0.3 is 12.1 Å². The van der Waals surface area contributed by atoms with Crippen LogP contribution in [0.2, 0.25) is 0 Å². The molecule has 1 aliphatic heterocycles. The first kappa shape index (κ1) is 24.4. The van der Waals surface area contributed by atoms with Gasteiger partial charge in [0, 0.05) is 30.8 Å². The number of ether oxygens (including phenoxy) is 4. The number of para-hydroxylation sites is 1. The van der Waals surface area contributed by atoms with Crippen molar-refractivity contribution in [2.24, 2.45) is 5.92 Å². The maximum absolute atomic E-state index is 13.0. The molecule has 2 aromatic rings. The molecule has 8 nitrogen and oxygen atoms in total. The molecule has 2 aromatic carbocycles. The number of hydrogen-bond acceptors (Lipinski definition) is 7. The minimum absolute atomic E-state index is 0.117. The lowest BCUT2D eigenvalue weighted by Crippen LogP contribution is -2.44. The number of piperidine rings is 1. The van der Waals surface area contributed by atoms with Crippen molar-refractivity contribution in [3.05, 3.63) is 54.1 Å². The Labute approximate surface area is 194 Å². The molecule has 1 fully saturated rings. The van der Waals surface area contributed by atoms with Crippen molar-refractivity contribution in [1.29, 1.82) is 0 Å². The van der Waals surface area contributed by atoms with Crippen molar-refractivity contribution < 1.29 is 28.5 Å². The van der Waals surface area contributed by atoms with Crippen molar-refractivity contribution in [3.63, 3.8) is 0 Å². The number of carbonyl (C=O) groups excluding carboxylic acids is 2. The van der Waals surface area contributed by atoms with Gasteiger partial charge in [-0.25, -0.2) is 4.79 Å². The molecule has 0 aromatic heterocycles. The molecule has 0 radical (unpaired) electrons. The highest BCUT2D eigenvalue weighted by molar-refractivity contribution is 5.72. The number of esters is 1. The largest absolute Gasteiger partial charge is 0.497 e. The number of methoxy groups -OCH3 is 3. The Kier molecular flexibility index (Phi) is 8.95. The van der Waals surface area contributed by atoms with Gasteiger partial charge in [0.2, 0.25) is 0 Å². The maximum Gasteiger partial charge on any atom is 0.415 e. The van der Waals surface area contributed by atoms with E-state index >= 15 is 0 Å². The summed E-state index contributed by atoms with van der Waals surface area (Å²) in [5.74, 6) is 1.52. The predicted molar refractivity (Wildman–Crippen MR) is 124 cm³/mol. The molecule has 178 valence electrons. The van der Waals surface area contributed by atoms with Crippen LogP contribution in [0.25, 0.3) is 0 Å². The summed E-state index contributed by atoms with van der Waals surface area (Å²) in [6.07, 6.45) is 1.91. The predicted octanol–water partition coefficient (Wildman–Crippen LogP) is 3.64. The lowest BCUT2D eigenvalue weighted by atomic mass is 9.93. The minimum atomic E-state index is -0.428. The highest BCUT2D eigenvalue weighted by Crippen LogP contribution is 2.27. The number of nitrogens with one attached hydrogen (secondary N) is 1. The second kappa shape index (κ2) is 12.1. The third kappa shape index (κ3) is 6.86. The summed E-state index contributed by atoms with van der Waals surface area (Å²) in [4.78, 5) is 26.5. The first-order chi connectivity index (χ1) is 16.0. The highest BCUT2D eigenvalue weighted by Gasteiger charge is 2.27. The van der Waals surface area contributed by atoms with Crippen molar-refractivity contribution in [1.82, 2.24) is 10.2 Å². The second-order valence-corrected chi connectivity index (χ2v) is 7.97. The monoisotopic (exact) mass is 456 g/mol. The molecule has 1 N–H and O–H groups in total. The van der Waals surface area contributed by atoms with Crippen molar-refractivity contribution in [3.8, 4) is 17.2 Å². The fourth-order valence-corrected chi connectivity index (χ4v) is 3.92. The quantitative estimate of drug-likeness (QED) is 0.577. The van der Waals surface area contributed by atoms with Crippen LogP contribution in [-0.4, -0.2) is 57.4 Å². The third-order valence-corrected chi connectivity index (χ3v) is 5.86. The van der Waals surface area contributed by atoms with Gasteiger partial charge in [-0.3, -0.25) is 4.79 Å². The van der Waals surface area contributed by atoms with E-state index in [1.165, 1.54) is 7.11 Å². The Morgan fingerprint density at radius 2 is 1.79 bits per heavy atom. The topological polar surface area (TPSA) is 86.3 Å². The Hall–Kier alpha value is -3.26. The van der Waals surface area contributed by atoms with E-state index in [2.05, 4.69) is 5.32 Å². The Morgan fingerprint density at radius 1 is 1.00 bits per heavy atom. The van der Waals surface area contributed by atoms with Gasteiger partial charge in [-0.2, -0.15) is 0 Å². The minimum Gasteiger partial charge on any atom is -0.497 e. The molecule has 8 heteroatoms. The Balaban J connectivity index is 1.68. The molecular formula is C25H32N2O6. The number of hydrogen-bond donors (Lipinski definition) is 1. The van der Waals surface area contributed by atoms with Gasteiger partial charge in [-0.1, -0.05) is 18.2 Å². The van der Waals surface area contributed by atoms with E-state index in [4.69, 9.17) is 18.9 Å². The van der Waals surface area contributed by atoms with E-state index in [1.54, 1.807) is 37.3 Å². The second-order valence-electron chi connectivity index (χ2n) is 7.97. The standard InChI is InChI=1S/C25H32N2O6/c1-30-22-12-10-19(23(15-22)31-2)17-27(25(29)33-21-7-5-4-6-8-21)14-13-20-11-9-18(16-26-20)24(28)32-3/h4-8,10,12,15,18,20,26H,9,11,13-14,16-17H2,1-3H3. The summed E-state index contributed by atoms with van der Waals surface area (Å²) in [6.45, 7) is 1.40. The molecule has 33 heavy (non-hydrogen) atoms. The Bertz CT molecular complexity index is 912. The van der Waals surface area contributed by atoms with E-state index in [0.29, 0.717) is 36.9 Å². The van der Waals surface area contributed by atoms with Gasteiger partial charge in [0.1, 0.15) is 17.2 Å². The van der Waals surface area contributed by atoms with Crippen molar-refractivity contribution in [2.75, 3.05) is 34.4 Å². The van der Waals surface area contributed by atoms with E-state index in [1.807, 2.05) is 30.3 Å². The SMILES string of the molecule is COC(=O)C1CCC(CCN(Cc2ccc(OC)cc2OC)C(=O)Oc2ccccc2)NC1. The van der Waals surface area contributed by atoms with Gasteiger partial charge in [-0.15, -0.1) is 0 Å². The van der Waals surface area contributed by atoms with Gasteiger partial charge in [-0.05, 0) is 43.5 Å². The summed E-state index contributed by atoms with van der Waals surface area (Å²) in [7, 11) is 4.60. The molecule has 2 atom stereocenters. The lowest BCUT2D eigenvalue weighted by molar-refractivity contribution is -0.146. The fourth-order valence-electron chi connectivity index (χ4n) is 3.92. The molecule has 0 saturated carbocycles. The Morgan fingerprint density at radius 3 is 2.42 bits per heavy atom. The number of benzene rings is 2. The van der Waals surface area contributed by atoms with Crippen LogP contribution >= 0.6 is 0 Å². The highest BCUT2D eigenvalue weighted by atomic mass is 16.6. The molecule has 1 heterocycles. The zero-order valence-corrected chi connectivity index (χ0v) is 19.4. The summed E-state index contributed by atoms with van der Waals surface area (Å²) in [5, 5.41) is 3.41. The molecule has 2 unspecified atom stereocenters. The zero-order valence-electron chi connectivity index (χ0n) is 19.4. The molecule has 0 spiro atoms. The molecule has 0 bridgehead atoms. The molecule has 0 aliphatic carbocycles. The normalized spacial score (nSPS) is 17.7. The van der Waals surface area contributed by atoms with Gasteiger partial charge in [0.05, 0.1) is 33.8 Å². The van der Waals surface area contributed by atoms with Crippen LogP contribution in [0.15, 0.2) is 48.5 Å². The first-order valence-corrected chi connectivity index (χ1v) is 11.1. The van der Waals surface area contributed by atoms with Crippen LogP contribution in [-0.2, 0) is 16.1 Å². The smallest absolute Gasteiger partial charge is 0.415 e. The van der Waals surface area contributed by atoms with Crippen LogP contribution in [0.3, 0.4) is 0 Å². The van der Waals surface area contributed by atoms with E-state index < -0.39 is 6.09 Å². The number of carbonyl (C=O) groups is 2. The fraction of sp³-hybridized carbons (Fsp3) is 0.440. The molecule has 3 rings (SSSR count). The van der Waals surface area contributed by atoms with Crippen LogP contribution in [0.4, 0.5) is 4.79 Å². The summed E-state index contributed by atoms with van der Waals surface area (Å²) >= 11 is 0. The van der Waals surface area contributed by atoms with E-state index in [-0.39, 0.29) is 17.9 Å². The van der Waals surface area contributed by atoms with Gasteiger partial charge in [0.25, 0.3) is 0 Å². The van der Waals surface area contributed by atoms with Gasteiger partial charge in [0.15, 0.2) is 0 Å². The molecular weight excluding hydrogens is 424 g/mol. The molecule has 1 saturated heterocycles. The average Bonchev–Trinajstić information content (AvgIpc) is 2.86. The number of nitrogens with zero attached hydrogens (tertiary/aromatic N) is 1. The van der Waals surface area contributed by atoms with Crippen molar-refractivity contribution >= 4 is 12.1 Å². The average molecular weight is 457 g/mol. The maximum atomic E-state index is 13.0. The zero-order chi connectivity index (χ0) is 23.6. The van der Waals surface area contributed by atoms with Crippen LogP contribution in [0, 0.1) is 5.92 Å². The summed E-state index contributed by atoms with van der Waals surface area (Å²) in [5.41, 5.74) is 0.852. The third-order valence-electron chi connectivity index (χ3n) is 5.86. The van der Waals surface area contributed by atoms with E-state index in [0.717, 1.165) is 24.8 Å². The summed E-state index contributed by atoms with van der Waals surface area (Å²) in [6, 6.07) is 14.7. The number of rotatable bonds is 9.